The lowest BCUT2D eigenvalue weighted by Crippen LogP contribution is -2.32. The van der Waals surface area contributed by atoms with E-state index in [1.54, 1.807) is 17.0 Å². The van der Waals surface area contributed by atoms with Crippen molar-refractivity contribution >= 4 is 10.4 Å². The second-order valence-electron chi connectivity index (χ2n) is 9.54. The van der Waals surface area contributed by atoms with Crippen LogP contribution in [0.2, 0.25) is 0 Å². The van der Waals surface area contributed by atoms with Gasteiger partial charge in [-0.2, -0.15) is 8.42 Å². The van der Waals surface area contributed by atoms with Crippen molar-refractivity contribution in [1.82, 2.24) is 4.90 Å². The molecule has 37 heavy (non-hydrogen) atoms. The fraction of sp³-hybridized carbons (Fsp3) is 0.630. The summed E-state index contributed by atoms with van der Waals surface area (Å²) in [4.78, 5) is 1.79. The molecule has 1 aromatic rings. The number of aliphatic hydroxyl groups is 3. The Labute approximate surface area is 222 Å². The number of aryl methyl sites for hydroxylation is 1. The SMILES string of the molecule is C=C(C)[C@@H]1CCC(C)=C[C@H]1c1c(O)cc(CCCCC)cc1OS(=O)(=O)O.OCCN(CCO)CCO. The van der Waals surface area contributed by atoms with Gasteiger partial charge in [0.1, 0.15) is 5.75 Å². The van der Waals surface area contributed by atoms with Gasteiger partial charge in [0.25, 0.3) is 0 Å². The van der Waals surface area contributed by atoms with Gasteiger partial charge in [0.05, 0.1) is 19.8 Å². The van der Waals surface area contributed by atoms with Crippen LogP contribution < -0.4 is 4.18 Å². The van der Waals surface area contributed by atoms with E-state index in [0.717, 1.165) is 43.2 Å². The molecule has 5 N–H and O–H groups in total. The first kappa shape index (κ1) is 33.1. The van der Waals surface area contributed by atoms with Crippen molar-refractivity contribution < 1.29 is 37.6 Å². The Morgan fingerprint density at radius 1 is 1.11 bits per heavy atom. The minimum Gasteiger partial charge on any atom is -0.507 e. The van der Waals surface area contributed by atoms with Gasteiger partial charge >= 0.3 is 10.4 Å². The monoisotopic (exact) mass is 543 g/mol. The number of allylic oxidation sites excluding steroid dienone is 3. The molecule has 2 rings (SSSR count). The summed E-state index contributed by atoms with van der Waals surface area (Å²) in [6.45, 7) is 11.9. The van der Waals surface area contributed by atoms with Crippen LogP contribution in [-0.4, -0.2) is 77.8 Å². The van der Waals surface area contributed by atoms with Crippen LogP contribution >= 0.6 is 0 Å². The minimum absolute atomic E-state index is 0.00815. The van der Waals surface area contributed by atoms with E-state index in [2.05, 4.69) is 13.5 Å². The van der Waals surface area contributed by atoms with Crippen molar-refractivity contribution in [3.63, 3.8) is 0 Å². The highest BCUT2D eigenvalue weighted by Gasteiger charge is 2.31. The van der Waals surface area contributed by atoms with Crippen LogP contribution in [0.1, 0.15) is 69.9 Å². The standard InChI is InChI=1S/C21H30O5S.C6H15NO3/c1-5-6-7-8-16-12-19(22)21(20(13-16)26-27(23,24)25)18-11-15(4)9-10-17(18)14(2)3;8-4-1-7(2-5-9)3-6-10/h11-13,17-18,22H,2,5-10H2,1,3-4H3,(H,23,24,25);8-10H,1-6H2/t17-,18+;/m0./s1. The molecule has 1 aliphatic carbocycles. The van der Waals surface area contributed by atoms with Crippen molar-refractivity contribution in [2.75, 3.05) is 39.5 Å². The first-order chi connectivity index (χ1) is 17.5. The summed E-state index contributed by atoms with van der Waals surface area (Å²) in [5.41, 5.74) is 3.31. The predicted octanol–water partition coefficient (Wildman–Crippen LogP) is 3.59. The third-order valence-electron chi connectivity index (χ3n) is 6.41. The number of hydrogen-bond acceptors (Lipinski definition) is 8. The zero-order chi connectivity index (χ0) is 28.0. The zero-order valence-corrected chi connectivity index (χ0v) is 23.2. The van der Waals surface area contributed by atoms with Crippen LogP contribution in [0.5, 0.6) is 11.5 Å². The van der Waals surface area contributed by atoms with Crippen molar-refractivity contribution in [1.29, 1.82) is 0 Å². The Bertz CT molecular complexity index is 963. The van der Waals surface area contributed by atoms with Crippen LogP contribution in [0.15, 0.2) is 35.9 Å². The van der Waals surface area contributed by atoms with Crippen molar-refractivity contribution in [2.24, 2.45) is 5.92 Å². The average Bonchev–Trinajstić information content (AvgIpc) is 2.79. The van der Waals surface area contributed by atoms with Crippen molar-refractivity contribution in [3.05, 3.63) is 47.1 Å². The number of hydrogen-bond donors (Lipinski definition) is 5. The normalized spacial score (nSPS) is 17.7. The highest BCUT2D eigenvalue weighted by molar-refractivity contribution is 7.81. The number of aliphatic hydroxyl groups excluding tert-OH is 3. The van der Waals surface area contributed by atoms with E-state index in [1.807, 2.05) is 19.9 Å². The van der Waals surface area contributed by atoms with Crippen LogP contribution in [0.25, 0.3) is 0 Å². The maximum atomic E-state index is 11.4. The maximum absolute atomic E-state index is 11.4. The van der Waals surface area contributed by atoms with E-state index < -0.39 is 10.4 Å². The summed E-state index contributed by atoms with van der Waals surface area (Å²) in [6, 6.07) is 3.29. The Hall–Kier alpha value is -1.95. The Morgan fingerprint density at radius 2 is 1.70 bits per heavy atom. The molecule has 10 heteroatoms. The molecule has 0 aromatic heterocycles. The highest BCUT2D eigenvalue weighted by atomic mass is 32.3. The molecular weight excluding hydrogens is 498 g/mol. The minimum atomic E-state index is -4.70. The second kappa shape index (κ2) is 16.8. The molecule has 9 nitrogen and oxygen atoms in total. The first-order valence-corrected chi connectivity index (χ1v) is 14.2. The predicted molar refractivity (Wildman–Crippen MR) is 145 cm³/mol. The molecule has 0 heterocycles. The summed E-state index contributed by atoms with van der Waals surface area (Å²) < 4.78 is 37.0. The molecule has 0 aliphatic heterocycles. The van der Waals surface area contributed by atoms with Gasteiger partial charge in [-0.05, 0) is 63.1 Å². The molecule has 0 saturated heterocycles. The molecule has 2 atom stereocenters. The van der Waals surface area contributed by atoms with Gasteiger partial charge < -0.3 is 24.6 Å². The lowest BCUT2D eigenvalue weighted by atomic mass is 9.73. The quantitative estimate of drug-likeness (QED) is 0.135. The lowest BCUT2D eigenvalue weighted by molar-refractivity contribution is 0.136. The van der Waals surface area contributed by atoms with Gasteiger partial charge in [-0.15, -0.1) is 0 Å². The van der Waals surface area contributed by atoms with E-state index in [0.29, 0.717) is 31.6 Å². The van der Waals surface area contributed by atoms with Crippen LogP contribution in [0, 0.1) is 5.92 Å². The number of phenolic OH excluding ortho intramolecular Hbond substituents is 1. The number of phenols is 1. The molecule has 0 bridgehead atoms. The van der Waals surface area contributed by atoms with Crippen molar-refractivity contribution in [2.45, 2.75) is 65.2 Å². The molecule has 0 amide bonds. The number of aromatic hydroxyl groups is 1. The van der Waals surface area contributed by atoms with Gasteiger partial charge in [0.15, 0.2) is 5.75 Å². The van der Waals surface area contributed by atoms with Gasteiger partial charge in [0, 0.05) is 31.1 Å². The summed E-state index contributed by atoms with van der Waals surface area (Å²) in [6.07, 6.45) is 7.56. The molecule has 0 fully saturated rings. The molecule has 1 aliphatic rings. The lowest BCUT2D eigenvalue weighted by Gasteiger charge is -2.32. The molecule has 1 aromatic carbocycles. The topological polar surface area (TPSA) is 148 Å². The molecular formula is C27H45NO8S. The number of nitrogens with zero attached hydrogens (tertiary/aromatic N) is 1. The summed E-state index contributed by atoms with van der Waals surface area (Å²) in [5.74, 6) is -0.206. The third kappa shape index (κ3) is 12.0. The number of unbranched alkanes of at least 4 members (excludes halogenated alkanes) is 2. The average molecular weight is 544 g/mol. The Morgan fingerprint density at radius 3 is 2.19 bits per heavy atom. The Kier molecular flexibility index (Phi) is 15.0. The maximum Gasteiger partial charge on any atom is 0.446 e. The van der Waals surface area contributed by atoms with E-state index in [4.69, 9.17) is 19.5 Å². The molecule has 212 valence electrons. The summed E-state index contributed by atoms with van der Waals surface area (Å²) in [5, 5.41) is 36.2. The zero-order valence-electron chi connectivity index (χ0n) is 22.4. The van der Waals surface area contributed by atoms with E-state index in [-0.39, 0.29) is 43.2 Å². The van der Waals surface area contributed by atoms with Gasteiger partial charge in [-0.25, -0.2) is 0 Å². The Balaban J connectivity index is 0.000000580. The molecule has 0 radical (unpaired) electrons. The van der Waals surface area contributed by atoms with Gasteiger partial charge in [-0.1, -0.05) is 43.6 Å². The number of rotatable bonds is 14. The van der Waals surface area contributed by atoms with E-state index in [9.17, 15) is 18.1 Å². The first-order valence-electron chi connectivity index (χ1n) is 12.9. The molecule has 0 unspecified atom stereocenters. The third-order valence-corrected chi connectivity index (χ3v) is 6.80. The largest absolute Gasteiger partial charge is 0.507 e. The van der Waals surface area contributed by atoms with Crippen LogP contribution in [-0.2, 0) is 16.8 Å². The van der Waals surface area contributed by atoms with Gasteiger partial charge in [-0.3, -0.25) is 9.45 Å². The highest BCUT2D eigenvalue weighted by Crippen LogP contribution is 2.47. The second-order valence-corrected chi connectivity index (χ2v) is 10.6. The fourth-order valence-electron chi connectivity index (χ4n) is 4.57. The van der Waals surface area contributed by atoms with Crippen LogP contribution in [0.3, 0.4) is 0 Å². The van der Waals surface area contributed by atoms with E-state index >= 15 is 0 Å². The summed E-state index contributed by atoms with van der Waals surface area (Å²) in [7, 11) is -4.70. The van der Waals surface area contributed by atoms with E-state index in [1.165, 1.54) is 5.57 Å². The summed E-state index contributed by atoms with van der Waals surface area (Å²) >= 11 is 0. The molecule has 0 saturated carbocycles. The molecule has 0 spiro atoms. The van der Waals surface area contributed by atoms with Crippen molar-refractivity contribution in [3.8, 4) is 11.5 Å². The fourth-order valence-corrected chi connectivity index (χ4v) is 4.94. The van der Waals surface area contributed by atoms with Gasteiger partial charge in [0.2, 0.25) is 0 Å². The van der Waals surface area contributed by atoms with Crippen LogP contribution in [0.4, 0.5) is 0 Å². The number of benzene rings is 1. The smallest absolute Gasteiger partial charge is 0.446 e.